The number of aryl methyl sites for hydroxylation is 1. The minimum Gasteiger partial charge on any atom is -0.481 e. The first-order chi connectivity index (χ1) is 7.58. The first-order valence-electron chi connectivity index (χ1n) is 5.11. The second-order valence-corrected chi connectivity index (χ2v) is 3.93. The summed E-state index contributed by atoms with van der Waals surface area (Å²) in [6, 6.07) is 3.80. The Balaban J connectivity index is 2.35. The van der Waals surface area contributed by atoms with E-state index in [1.165, 1.54) is 0 Å². The summed E-state index contributed by atoms with van der Waals surface area (Å²) in [5.74, 6) is 0.0250. The lowest BCUT2D eigenvalue weighted by Gasteiger charge is -2.08. The molecule has 1 N–H and O–H groups in total. The fourth-order valence-electron chi connectivity index (χ4n) is 1.71. The third kappa shape index (κ3) is 1.88. The molecular formula is C11H13N3O2. The second kappa shape index (κ2) is 3.92. The van der Waals surface area contributed by atoms with Crippen molar-refractivity contribution < 1.29 is 9.90 Å². The van der Waals surface area contributed by atoms with Crippen LogP contribution in [0.25, 0.3) is 5.65 Å². The van der Waals surface area contributed by atoms with Crippen molar-refractivity contribution in [2.75, 3.05) is 0 Å². The number of nitrogens with zero attached hydrogens (tertiary/aromatic N) is 3. The maximum absolute atomic E-state index is 10.6. The Morgan fingerprint density at radius 2 is 2.31 bits per heavy atom. The van der Waals surface area contributed by atoms with Gasteiger partial charge < -0.3 is 5.11 Å². The van der Waals surface area contributed by atoms with Gasteiger partial charge in [-0.3, -0.25) is 9.20 Å². The van der Waals surface area contributed by atoms with Crippen LogP contribution in [0, 0.1) is 6.92 Å². The van der Waals surface area contributed by atoms with Gasteiger partial charge in [0.25, 0.3) is 0 Å². The monoisotopic (exact) mass is 219 g/mol. The normalized spacial score (nSPS) is 12.9. The molecule has 2 aromatic rings. The Morgan fingerprint density at radius 1 is 1.56 bits per heavy atom. The van der Waals surface area contributed by atoms with Gasteiger partial charge in [0, 0.05) is 6.20 Å². The van der Waals surface area contributed by atoms with E-state index in [-0.39, 0.29) is 12.3 Å². The van der Waals surface area contributed by atoms with Crippen LogP contribution in [0.15, 0.2) is 18.3 Å². The van der Waals surface area contributed by atoms with E-state index < -0.39 is 5.97 Å². The van der Waals surface area contributed by atoms with Crippen molar-refractivity contribution >= 4 is 11.6 Å². The van der Waals surface area contributed by atoms with Gasteiger partial charge in [-0.1, -0.05) is 6.92 Å². The minimum absolute atomic E-state index is 0.0143. The smallest absolute Gasteiger partial charge is 0.303 e. The molecule has 0 aromatic carbocycles. The lowest BCUT2D eigenvalue weighted by atomic mass is 9.99. The quantitative estimate of drug-likeness (QED) is 0.851. The minimum atomic E-state index is -0.787. The Labute approximate surface area is 92.7 Å². The Kier molecular flexibility index (Phi) is 2.60. The molecule has 2 heterocycles. The highest BCUT2D eigenvalue weighted by molar-refractivity contribution is 5.68. The standard InChI is InChI=1S/C11H13N3O2/c1-7(5-11(15)16)9-3-4-14-8(2)12-13-10(14)6-9/h3-4,6-7H,5H2,1-2H3,(H,15,16). The first kappa shape index (κ1) is 10.6. The van der Waals surface area contributed by atoms with Crippen LogP contribution in [0.3, 0.4) is 0 Å². The van der Waals surface area contributed by atoms with Crippen molar-refractivity contribution in [3.05, 3.63) is 29.7 Å². The lowest BCUT2D eigenvalue weighted by Crippen LogP contribution is -2.03. The van der Waals surface area contributed by atoms with Crippen molar-refractivity contribution in [2.45, 2.75) is 26.2 Å². The Bertz CT molecular complexity index is 533. The maximum Gasteiger partial charge on any atom is 0.303 e. The van der Waals surface area contributed by atoms with Crippen molar-refractivity contribution in [1.82, 2.24) is 14.6 Å². The topological polar surface area (TPSA) is 67.5 Å². The summed E-state index contributed by atoms with van der Waals surface area (Å²) in [6.07, 6.45) is 2.00. The van der Waals surface area contributed by atoms with Crippen LogP contribution in [0.1, 0.15) is 30.7 Å². The molecule has 16 heavy (non-hydrogen) atoms. The molecule has 2 aromatic heterocycles. The summed E-state index contributed by atoms with van der Waals surface area (Å²) in [7, 11) is 0. The van der Waals surface area contributed by atoms with E-state index in [0.717, 1.165) is 17.0 Å². The van der Waals surface area contributed by atoms with E-state index in [2.05, 4.69) is 10.2 Å². The van der Waals surface area contributed by atoms with Crippen molar-refractivity contribution in [1.29, 1.82) is 0 Å². The number of carbonyl (C=O) groups is 1. The van der Waals surface area contributed by atoms with Gasteiger partial charge in [0.1, 0.15) is 5.82 Å². The van der Waals surface area contributed by atoms with Gasteiger partial charge in [-0.2, -0.15) is 0 Å². The highest BCUT2D eigenvalue weighted by Crippen LogP contribution is 2.20. The molecule has 0 fully saturated rings. The second-order valence-electron chi connectivity index (χ2n) is 3.93. The number of carboxylic acid groups (broad SMARTS) is 1. The number of aliphatic carboxylic acids is 1. The molecule has 0 radical (unpaired) electrons. The Morgan fingerprint density at radius 3 is 3.00 bits per heavy atom. The average Bonchev–Trinajstić information content (AvgIpc) is 2.59. The SMILES string of the molecule is Cc1nnc2cc(C(C)CC(=O)O)ccn12. The summed E-state index contributed by atoms with van der Waals surface area (Å²) >= 11 is 0. The molecule has 84 valence electrons. The zero-order chi connectivity index (χ0) is 11.7. The van der Waals surface area contributed by atoms with E-state index >= 15 is 0 Å². The van der Waals surface area contributed by atoms with Gasteiger partial charge >= 0.3 is 5.97 Å². The molecule has 0 saturated heterocycles. The third-order valence-corrected chi connectivity index (χ3v) is 2.65. The van der Waals surface area contributed by atoms with Crippen LogP contribution < -0.4 is 0 Å². The van der Waals surface area contributed by atoms with Gasteiger partial charge in [-0.25, -0.2) is 0 Å². The predicted octanol–water partition coefficient (Wildman–Crippen LogP) is 1.62. The molecule has 0 aliphatic heterocycles. The number of fused-ring (bicyclic) bond motifs is 1. The van der Waals surface area contributed by atoms with E-state index in [9.17, 15) is 4.79 Å². The molecule has 0 aliphatic carbocycles. The molecule has 0 spiro atoms. The van der Waals surface area contributed by atoms with Gasteiger partial charge in [0.05, 0.1) is 6.42 Å². The van der Waals surface area contributed by atoms with Crippen LogP contribution in [-0.2, 0) is 4.79 Å². The molecule has 2 rings (SSSR count). The van der Waals surface area contributed by atoms with Gasteiger partial charge in [0.2, 0.25) is 0 Å². The molecule has 1 atom stereocenters. The average molecular weight is 219 g/mol. The van der Waals surface area contributed by atoms with Gasteiger partial charge in [-0.05, 0) is 30.5 Å². The predicted molar refractivity (Wildman–Crippen MR) is 58.4 cm³/mol. The molecular weight excluding hydrogens is 206 g/mol. The van der Waals surface area contributed by atoms with Gasteiger partial charge in [0.15, 0.2) is 5.65 Å². The zero-order valence-electron chi connectivity index (χ0n) is 9.21. The molecule has 5 nitrogen and oxygen atoms in total. The number of hydrogen-bond acceptors (Lipinski definition) is 3. The summed E-state index contributed by atoms with van der Waals surface area (Å²) < 4.78 is 1.87. The molecule has 5 heteroatoms. The molecule has 0 aliphatic rings. The van der Waals surface area contributed by atoms with Crippen LogP contribution in [0.5, 0.6) is 0 Å². The summed E-state index contributed by atoms with van der Waals surface area (Å²) in [6.45, 7) is 3.77. The van der Waals surface area contributed by atoms with Crippen LogP contribution in [0.2, 0.25) is 0 Å². The molecule has 0 amide bonds. The molecule has 0 saturated carbocycles. The number of hydrogen-bond donors (Lipinski definition) is 1. The van der Waals surface area contributed by atoms with Crippen molar-refractivity contribution in [2.24, 2.45) is 0 Å². The lowest BCUT2D eigenvalue weighted by molar-refractivity contribution is -0.137. The van der Waals surface area contributed by atoms with E-state index in [1.54, 1.807) is 0 Å². The largest absolute Gasteiger partial charge is 0.481 e. The van der Waals surface area contributed by atoms with E-state index in [1.807, 2.05) is 36.6 Å². The highest BCUT2D eigenvalue weighted by atomic mass is 16.4. The summed E-state index contributed by atoms with van der Waals surface area (Å²) in [5.41, 5.74) is 1.73. The van der Waals surface area contributed by atoms with E-state index in [4.69, 9.17) is 5.11 Å². The van der Waals surface area contributed by atoms with Crippen LogP contribution in [-0.4, -0.2) is 25.7 Å². The van der Waals surface area contributed by atoms with E-state index in [0.29, 0.717) is 0 Å². The Hall–Kier alpha value is -1.91. The first-order valence-corrected chi connectivity index (χ1v) is 5.11. The maximum atomic E-state index is 10.6. The fourth-order valence-corrected chi connectivity index (χ4v) is 1.71. The van der Waals surface area contributed by atoms with Gasteiger partial charge in [-0.15, -0.1) is 10.2 Å². The number of carboxylic acids is 1. The molecule has 0 bridgehead atoms. The van der Waals surface area contributed by atoms with Crippen LogP contribution >= 0.6 is 0 Å². The number of aromatic nitrogens is 3. The third-order valence-electron chi connectivity index (χ3n) is 2.65. The number of pyridine rings is 1. The van der Waals surface area contributed by atoms with Crippen LogP contribution in [0.4, 0.5) is 0 Å². The summed E-state index contributed by atoms with van der Waals surface area (Å²) in [5, 5.41) is 16.7. The zero-order valence-corrected chi connectivity index (χ0v) is 9.21. The summed E-state index contributed by atoms with van der Waals surface area (Å²) in [4.78, 5) is 10.6. The fraction of sp³-hybridized carbons (Fsp3) is 0.364. The number of rotatable bonds is 3. The molecule has 1 unspecified atom stereocenters. The van der Waals surface area contributed by atoms with Crippen molar-refractivity contribution in [3.8, 4) is 0 Å². The highest BCUT2D eigenvalue weighted by Gasteiger charge is 2.11. The van der Waals surface area contributed by atoms with Crippen molar-refractivity contribution in [3.63, 3.8) is 0 Å².